The van der Waals surface area contributed by atoms with Crippen LogP contribution >= 0.6 is 15.9 Å². The average molecular weight is 389 g/mol. The Hall–Kier alpha value is -1.52. The molecule has 0 heterocycles. The highest BCUT2D eigenvalue weighted by molar-refractivity contribution is 9.10. The summed E-state index contributed by atoms with van der Waals surface area (Å²) in [5, 5.41) is 9.88. The number of carbonyl (C=O) groups is 1. The summed E-state index contributed by atoms with van der Waals surface area (Å²) in [6.07, 6.45) is 0. The molecule has 0 unspecified atom stereocenters. The van der Waals surface area contributed by atoms with E-state index in [4.69, 9.17) is 10.8 Å². The smallest absolute Gasteiger partial charge is 0.345 e. The molecule has 118 valence electrons. The van der Waals surface area contributed by atoms with E-state index in [0.717, 1.165) is 4.47 Å². The Morgan fingerprint density at radius 1 is 1.27 bits per heavy atom. The van der Waals surface area contributed by atoms with Crippen LogP contribution in [0.15, 0.2) is 45.8 Å². The van der Waals surface area contributed by atoms with Crippen molar-refractivity contribution in [3.8, 4) is 0 Å². The van der Waals surface area contributed by atoms with E-state index < -0.39 is 28.6 Å². The Labute approximate surface area is 135 Å². The normalized spacial score (nSPS) is 13.0. The van der Waals surface area contributed by atoms with Gasteiger partial charge in [-0.1, -0.05) is 40.2 Å². The molecule has 0 bridgehead atoms. The van der Waals surface area contributed by atoms with Gasteiger partial charge in [0.1, 0.15) is 6.04 Å². The van der Waals surface area contributed by atoms with Gasteiger partial charge in [-0.3, -0.25) is 0 Å². The summed E-state index contributed by atoms with van der Waals surface area (Å²) in [5.41, 5.74) is 5.23. The van der Waals surface area contributed by atoms with Gasteiger partial charge in [0.05, 0.1) is 11.5 Å². The second kappa shape index (κ2) is 6.71. The fraction of sp³-hybridized carbons (Fsp3) is 0.154. The molecule has 0 fully saturated rings. The van der Waals surface area contributed by atoms with Crippen LogP contribution in [0.4, 0.5) is 0 Å². The van der Waals surface area contributed by atoms with Gasteiger partial charge in [-0.25, -0.2) is 13.2 Å². The van der Waals surface area contributed by atoms with Crippen molar-refractivity contribution in [3.05, 3.63) is 40.9 Å². The van der Waals surface area contributed by atoms with Crippen LogP contribution in [0.1, 0.15) is 0 Å². The Bertz CT molecular complexity index is 809. The summed E-state index contributed by atoms with van der Waals surface area (Å²) < 4.78 is 25.3. The molecule has 2 aromatic rings. The quantitative estimate of drug-likeness (QED) is 0.647. The number of carbonyl (C=O) groups excluding carboxylic acids is 1. The molecule has 7 nitrogen and oxygen atoms in total. The first-order valence-corrected chi connectivity index (χ1v) is 8.40. The lowest BCUT2D eigenvalue weighted by Gasteiger charge is -2.12. The minimum absolute atomic E-state index is 0.0448. The van der Waals surface area contributed by atoms with Gasteiger partial charge in [0.25, 0.3) is 10.0 Å². The maximum absolute atomic E-state index is 12.3. The topological polar surface area (TPSA) is 119 Å². The Balaban J connectivity index is 2.35. The third-order valence-electron chi connectivity index (χ3n) is 2.87. The zero-order valence-corrected chi connectivity index (χ0v) is 13.6. The van der Waals surface area contributed by atoms with Crippen LogP contribution < -0.4 is 10.6 Å². The molecule has 1 atom stereocenters. The van der Waals surface area contributed by atoms with Crippen LogP contribution in [0.2, 0.25) is 0 Å². The van der Waals surface area contributed by atoms with Crippen molar-refractivity contribution in [3.63, 3.8) is 0 Å². The van der Waals surface area contributed by atoms with Crippen LogP contribution in [-0.4, -0.2) is 32.1 Å². The van der Waals surface area contributed by atoms with Gasteiger partial charge in [0, 0.05) is 9.86 Å². The molecule has 0 aliphatic carbocycles. The molecule has 0 amide bonds. The third-order valence-corrected chi connectivity index (χ3v) is 4.80. The van der Waals surface area contributed by atoms with E-state index in [-0.39, 0.29) is 4.90 Å². The predicted octanol–water partition coefficient (Wildman–Crippen LogP) is 0.658. The van der Waals surface area contributed by atoms with Gasteiger partial charge in [0.15, 0.2) is 0 Å². The minimum Gasteiger partial charge on any atom is -0.394 e. The lowest BCUT2D eigenvalue weighted by atomic mass is 10.1. The highest BCUT2D eigenvalue weighted by Crippen LogP contribution is 2.29. The first kappa shape index (κ1) is 16.8. The van der Waals surface area contributed by atoms with Crippen molar-refractivity contribution in [2.45, 2.75) is 10.9 Å². The molecule has 0 aliphatic rings. The van der Waals surface area contributed by atoms with Crippen LogP contribution in [-0.2, 0) is 19.7 Å². The van der Waals surface area contributed by atoms with E-state index in [1.54, 1.807) is 35.2 Å². The van der Waals surface area contributed by atoms with Crippen molar-refractivity contribution in [1.82, 2.24) is 4.89 Å². The lowest BCUT2D eigenvalue weighted by Crippen LogP contribution is -2.40. The number of rotatable bonds is 5. The monoisotopic (exact) mass is 388 g/mol. The second-order valence-electron chi connectivity index (χ2n) is 4.39. The average Bonchev–Trinajstić information content (AvgIpc) is 2.52. The van der Waals surface area contributed by atoms with Crippen molar-refractivity contribution in [2.24, 2.45) is 5.73 Å². The molecule has 22 heavy (non-hydrogen) atoms. The summed E-state index contributed by atoms with van der Waals surface area (Å²) in [7, 11) is -4.09. The summed E-state index contributed by atoms with van der Waals surface area (Å²) in [4.78, 5) is 17.4. The molecule has 0 spiro atoms. The number of sulfonamides is 1. The summed E-state index contributed by atoms with van der Waals surface area (Å²) in [6, 6.07) is 8.51. The number of benzene rings is 2. The second-order valence-corrected chi connectivity index (χ2v) is 6.86. The molecule has 0 saturated heterocycles. The van der Waals surface area contributed by atoms with E-state index >= 15 is 0 Å². The maximum atomic E-state index is 12.3. The van der Waals surface area contributed by atoms with Gasteiger partial charge in [-0.15, -0.1) is 0 Å². The zero-order chi connectivity index (χ0) is 16.3. The number of nitrogens with two attached hydrogens (primary N) is 1. The highest BCUT2D eigenvalue weighted by atomic mass is 79.9. The Morgan fingerprint density at radius 2 is 1.91 bits per heavy atom. The lowest BCUT2D eigenvalue weighted by molar-refractivity contribution is -0.149. The molecular formula is C13H13BrN2O5S. The van der Waals surface area contributed by atoms with Gasteiger partial charge >= 0.3 is 5.97 Å². The molecule has 2 aromatic carbocycles. The fourth-order valence-corrected chi connectivity index (χ4v) is 3.23. The number of nitrogens with one attached hydrogen (secondary N) is 1. The first-order valence-electron chi connectivity index (χ1n) is 6.13. The number of hydrogen-bond acceptors (Lipinski definition) is 6. The van der Waals surface area contributed by atoms with E-state index in [0.29, 0.717) is 10.8 Å². The Morgan fingerprint density at radius 3 is 2.55 bits per heavy atom. The maximum Gasteiger partial charge on any atom is 0.345 e. The van der Waals surface area contributed by atoms with Gasteiger partial charge in [-0.05, 0) is 22.4 Å². The summed E-state index contributed by atoms with van der Waals surface area (Å²) in [5.74, 6) is -1.08. The van der Waals surface area contributed by atoms with Gasteiger partial charge < -0.3 is 15.7 Å². The Kier molecular flexibility index (Phi) is 5.14. The molecule has 0 aliphatic heterocycles. The fourth-order valence-electron chi connectivity index (χ4n) is 1.76. The SMILES string of the molecule is N[C@@H](CO)C(=O)ONS(=O)(=O)c1ccc(Br)c2ccccc12. The van der Waals surface area contributed by atoms with Crippen molar-refractivity contribution >= 4 is 42.7 Å². The largest absolute Gasteiger partial charge is 0.394 e. The van der Waals surface area contributed by atoms with E-state index in [1.165, 1.54) is 6.07 Å². The molecule has 0 aromatic heterocycles. The number of fused-ring (bicyclic) bond motifs is 1. The standard InChI is InChI=1S/C13H13BrN2O5S/c14-10-5-6-12(9-4-2-1-3-8(9)10)22(19,20)16-21-13(18)11(15)7-17/h1-6,11,16-17H,7,15H2/t11-/m0/s1. The number of hydrogen-bond donors (Lipinski definition) is 3. The molecule has 0 saturated carbocycles. The number of aliphatic hydroxyl groups is 1. The van der Waals surface area contributed by atoms with E-state index in [1.807, 2.05) is 0 Å². The van der Waals surface area contributed by atoms with E-state index in [2.05, 4.69) is 20.8 Å². The molecular weight excluding hydrogens is 376 g/mol. The van der Waals surface area contributed by atoms with Crippen molar-refractivity contribution < 1.29 is 23.2 Å². The van der Waals surface area contributed by atoms with Crippen LogP contribution in [0, 0.1) is 0 Å². The van der Waals surface area contributed by atoms with Crippen LogP contribution in [0.3, 0.4) is 0 Å². The summed E-state index contributed by atoms with van der Waals surface area (Å²) >= 11 is 3.34. The molecule has 2 rings (SSSR count). The zero-order valence-electron chi connectivity index (χ0n) is 11.2. The molecule has 0 radical (unpaired) electrons. The number of aliphatic hydroxyl groups excluding tert-OH is 1. The van der Waals surface area contributed by atoms with Gasteiger partial charge in [0.2, 0.25) is 0 Å². The van der Waals surface area contributed by atoms with Crippen molar-refractivity contribution in [2.75, 3.05) is 6.61 Å². The predicted molar refractivity (Wildman–Crippen MR) is 83.1 cm³/mol. The molecule has 9 heteroatoms. The number of halogens is 1. The minimum atomic E-state index is -4.09. The highest BCUT2D eigenvalue weighted by Gasteiger charge is 2.22. The first-order chi connectivity index (χ1) is 10.4. The van der Waals surface area contributed by atoms with Crippen LogP contribution in [0.25, 0.3) is 10.8 Å². The summed E-state index contributed by atoms with van der Waals surface area (Å²) in [6.45, 7) is -0.651. The van der Waals surface area contributed by atoms with Gasteiger partial charge in [-0.2, -0.15) is 0 Å². The van der Waals surface area contributed by atoms with Crippen molar-refractivity contribution in [1.29, 1.82) is 0 Å². The van der Waals surface area contributed by atoms with Crippen LogP contribution in [0.5, 0.6) is 0 Å². The third kappa shape index (κ3) is 3.45. The molecule has 4 N–H and O–H groups in total. The van der Waals surface area contributed by atoms with E-state index in [9.17, 15) is 13.2 Å².